The number of rotatable bonds is 3. The van der Waals surface area contributed by atoms with Crippen molar-refractivity contribution < 1.29 is 13.6 Å². The van der Waals surface area contributed by atoms with Gasteiger partial charge in [0.05, 0.1) is 4.90 Å². The third-order valence-corrected chi connectivity index (χ3v) is 3.94. The average Bonchev–Trinajstić information content (AvgIpc) is 2.37. The van der Waals surface area contributed by atoms with E-state index < -0.39 is 11.6 Å². The van der Waals surface area contributed by atoms with E-state index in [9.17, 15) is 13.6 Å². The molecule has 2 rings (SSSR count). The highest BCUT2D eigenvalue weighted by molar-refractivity contribution is 7.99. The zero-order chi connectivity index (χ0) is 14.0. The van der Waals surface area contributed by atoms with E-state index in [4.69, 9.17) is 0 Å². The molecule has 0 saturated carbocycles. The van der Waals surface area contributed by atoms with Gasteiger partial charge in [-0.05, 0) is 49.2 Å². The van der Waals surface area contributed by atoms with Crippen molar-refractivity contribution in [3.8, 4) is 0 Å². The van der Waals surface area contributed by atoms with Crippen LogP contribution in [0.1, 0.15) is 21.5 Å². The molecule has 2 aromatic rings. The van der Waals surface area contributed by atoms with Gasteiger partial charge < -0.3 is 0 Å². The van der Waals surface area contributed by atoms with Crippen LogP contribution in [-0.4, -0.2) is 6.29 Å². The lowest BCUT2D eigenvalue weighted by molar-refractivity contribution is 0.112. The molecule has 0 spiro atoms. The first-order valence-electron chi connectivity index (χ1n) is 5.70. The number of halogens is 2. The Labute approximate surface area is 114 Å². The van der Waals surface area contributed by atoms with Crippen LogP contribution in [0, 0.1) is 25.5 Å². The van der Waals surface area contributed by atoms with E-state index >= 15 is 0 Å². The molecule has 0 aromatic heterocycles. The number of hydrogen-bond donors (Lipinski definition) is 0. The highest BCUT2D eigenvalue weighted by atomic mass is 32.2. The second kappa shape index (κ2) is 5.53. The fourth-order valence-corrected chi connectivity index (χ4v) is 2.56. The van der Waals surface area contributed by atoms with E-state index in [0.29, 0.717) is 6.29 Å². The lowest BCUT2D eigenvalue weighted by Crippen LogP contribution is -1.92. The predicted octanol–water partition coefficient (Wildman–Crippen LogP) is 4.55. The summed E-state index contributed by atoms with van der Waals surface area (Å²) in [7, 11) is 0. The van der Waals surface area contributed by atoms with Crippen LogP contribution < -0.4 is 0 Å². The molecule has 0 N–H and O–H groups in total. The molecule has 2 aromatic carbocycles. The summed E-state index contributed by atoms with van der Waals surface area (Å²) in [5.74, 6) is -1.43. The quantitative estimate of drug-likeness (QED) is 0.766. The van der Waals surface area contributed by atoms with Gasteiger partial charge in [-0.2, -0.15) is 0 Å². The molecule has 0 unspecified atom stereocenters. The third-order valence-electron chi connectivity index (χ3n) is 2.85. The minimum atomic E-state index is -0.717. The van der Waals surface area contributed by atoms with Crippen molar-refractivity contribution in [2.24, 2.45) is 0 Å². The Morgan fingerprint density at radius 1 is 1.00 bits per heavy atom. The summed E-state index contributed by atoms with van der Waals surface area (Å²) in [6, 6.07) is 7.69. The summed E-state index contributed by atoms with van der Waals surface area (Å²) in [5, 5.41) is 0. The van der Waals surface area contributed by atoms with Crippen molar-refractivity contribution in [2.45, 2.75) is 23.6 Å². The van der Waals surface area contributed by atoms with E-state index in [2.05, 4.69) is 0 Å². The highest BCUT2D eigenvalue weighted by Crippen LogP contribution is 2.33. The van der Waals surface area contributed by atoms with Crippen LogP contribution in [0.25, 0.3) is 0 Å². The maximum atomic E-state index is 13.7. The fraction of sp³-hybridized carbons (Fsp3) is 0.133. The number of carbonyl (C=O) groups is 1. The van der Waals surface area contributed by atoms with E-state index in [0.717, 1.165) is 39.9 Å². The summed E-state index contributed by atoms with van der Waals surface area (Å²) in [6.45, 7) is 3.92. The van der Waals surface area contributed by atoms with Crippen molar-refractivity contribution in [3.63, 3.8) is 0 Å². The molecule has 0 heterocycles. The summed E-state index contributed by atoms with van der Waals surface area (Å²) in [5.41, 5.74) is 2.19. The van der Waals surface area contributed by atoms with Gasteiger partial charge in [0, 0.05) is 10.5 Å². The van der Waals surface area contributed by atoms with Crippen LogP contribution in [0.3, 0.4) is 0 Å². The van der Waals surface area contributed by atoms with Gasteiger partial charge in [-0.3, -0.25) is 4.79 Å². The predicted molar refractivity (Wildman–Crippen MR) is 71.8 cm³/mol. The smallest absolute Gasteiger partial charge is 0.150 e. The Hall–Kier alpha value is -1.68. The molecule has 0 radical (unpaired) electrons. The summed E-state index contributed by atoms with van der Waals surface area (Å²) in [6.07, 6.45) is 0.427. The van der Waals surface area contributed by atoms with Crippen LogP contribution >= 0.6 is 11.8 Å². The van der Waals surface area contributed by atoms with Gasteiger partial charge in [-0.1, -0.05) is 17.8 Å². The molecule has 0 saturated heterocycles. The molecule has 4 heteroatoms. The molecule has 1 nitrogen and oxygen atoms in total. The van der Waals surface area contributed by atoms with Crippen LogP contribution in [0.2, 0.25) is 0 Å². The zero-order valence-electron chi connectivity index (χ0n) is 10.5. The molecule has 0 fully saturated rings. The highest BCUT2D eigenvalue weighted by Gasteiger charge is 2.13. The number of benzene rings is 2. The Kier molecular flexibility index (Phi) is 4.00. The van der Waals surface area contributed by atoms with Crippen LogP contribution in [-0.2, 0) is 0 Å². The molecule has 0 aliphatic rings. The first kappa shape index (κ1) is 13.7. The van der Waals surface area contributed by atoms with Crippen LogP contribution in [0.4, 0.5) is 8.78 Å². The SMILES string of the molecule is Cc1ccc(Sc2c(F)cc(C=O)cc2F)cc1C. The molecular formula is C15H12F2OS. The lowest BCUT2D eigenvalue weighted by atomic mass is 10.1. The fourth-order valence-electron chi connectivity index (χ4n) is 1.64. The van der Waals surface area contributed by atoms with Gasteiger partial charge >= 0.3 is 0 Å². The number of aldehydes is 1. The lowest BCUT2D eigenvalue weighted by Gasteiger charge is -2.07. The largest absolute Gasteiger partial charge is 0.298 e. The van der Waals surface area contributed by atoms with Gasteiger partial charge in [-0.25, -0.2) is 8.78 Å². The third kappa shape index (κ3) is 3.01. The van der Waals surface area contributed by atoms with Gasteiger partial charge in [0.25, 0.3) is 0 Å². The second-order valence-electron chi connectivity index (χ2n) is 4.28. The first-order chi connectivity index (χ1) is 9.01. The van der Waals surface area contributed by atoms with Crippen molar-refractivity contribution in [1.29, 1.82) is 0 Å². The van der Waals surface area contributed by atoms with Gasteiger partial charge in [0.2, 0.25) is 0 Å². The molecule has 0 aliphatic heterocycles. The maximum absolute atomic E-state index is 13.7. The topological polar surface area (TPSA) is 17.1 Å². The number of carbonyl (C=O) groups excluding carboxylic acids is 1. The first-order valence-corrected chi connectivity index (χ1v) is 6.52. The molecule has 98 valence electrons. The standard InChI is InChI=1S/C15H12F2OS/c1-9-3-4-12(5-10(9)2)19-15-13(16)6-11(8-18)7-14(15)17/h3-8H,1-2H3. The molecule has 0 amide bonds. The van der Waals surface area contributed by atoms with Gasteiger partial charge in [0.15, 0.2) is 0 Å². The maximum Gasteiger partial charge on any atom is 0.150 e. The monoisotopic (exact) mass is 278 g/mol. The van der Waals surface area contributed by atoms with Crippen molar-refractivity contribution in [1.82, 2.24) is 0 Å². The van der Waals surface area contributed by atoms with Gasteiger partial charge in [-0.15, -0.1) is 0 Å². The van der Waals surface area contributed by atoms with Gasteiger partial charge in [0.1, 0.15) is 17.9 Å². The molecule has 0 atom stereocenters. The van der Waals surface area contributed by atoms with E-state index in [-0.39, 0.29) is 10.5 Å². The zero-order valence-corrected chi connectivity index (χ0v) is 11.4. The Bertz CT molecular complexity index is 615. The van der Waals surface area contributed by atoms with E-state index in [1.54, 1.807) is 0 Å². The Balaban J connectivity index is 2.38. The van der Waals surface area contributed by atoms with Crippen molar-refractivity contribution in [2.75, 3.05) is 0 Å². The second-order valence-corrected chi connectivity index (χ2v) is 5.36. The molecule has 0 aliphatic carbocycles. The van der Waals surface area contributed by atoms with E-state index in [1.807, 2.05) is 32.0 Å². The Morgan fingerprint density at radius 2 is 1.63 bits per heavy atom. The van der Waals surface area contributed by atoms with E-state index in [1.165, 1.54) is 0 Å². The van der Waals surface area contributed by atoms with Crippen molar-refractivity contribution in [3.05, 3.63) is 58.7 Å². The van der Waals surface area contributed by atoms with Crippen LogP contribution in [0.5, 0.6) is 0 Å². The summed E-state index contributed by atoms with van der Waals surface area (Å²) in [4.78, 5) is 11.2. The number of hydrogen-bond acceptors (Lipinski definition) is 2. The normalized spacial score (nSPS) is 10.5. The molecular weight excluding hydrogens is 266 g/mol. The minimum Gasteiger partial charge on any atom is -0.298 e. The van der Waals surface area contributed by atoms with Crippen molar-refractivity contribution >= 4 is 18.0 Å². The van der Waals surface area contributed by atoms with Crippen LogP contribution in [0.15, 0.2) is 40.1 Å². The minimum absolute atomic E-state index is 0.000522. The Morgan fingerprint density at radius 3 is 2.16 bits per heavy atom. The average molecular weight is 278 g/mol. The summed E-state index contributed by atoms with van der Waals surface area (Å²) >= 11 is 1.02. The summed E-state index contributed by atoms with van der Waals surface area (Å²) < 4.78 is 27.5. The molecule has 0 bridgehead atoms. The number of aryl methyl sites for hydroxylation is 2. The molecule has 19 heavy (non-hydrogen) atoms.